The molecule has 3 heteroatoms. The van der Waals surface area contributed by atoms with E-state index in [4.69, 9.17) is 11.6 Å². The van der Waals surface area contributed by atoms with Crippen molar-refractivity contribution in [2.45, 2.75) is 11.8 Å². The maximum atomic E-state index is 12.1. The van der Waals surface area contributed by atoms with Crippen molar-refractivity contribution in [2.75, 3.05) is 0 Å². The Kier molecular flexibility index (Phi) is 2.91. The van der Waals surface area contributed by atoms with Gasteiger partial charge in [-0.2, -0.15) is 0 Å². The SMILES string of the molecule is C=CCC1(C(=O)O)c2ccccc2-c2cccc(Cl)c21. The average Bonchev–Trinajstić information content (AvgIpc) is 2.73. The Labute approximate surface area is 122 Å². The van der Waals surface area contributed by atoms with Crippen molar-refractivity contribution >= 4 is 17.6 Å². The number of carbonyl (C=O) groups is 1. The number of benzene rings is 2. The number of carboxylic acids is 1. The predicted octanol–water partition coefficient (Wildman–Crippen LogP) is 4.27. The molecule has 3 rings (SSSR count). The number of rotatable bonds is 3. The molecule has 1 aliphatic carbocycles. The fourth-order valence-corrected chi connectivity index (χ4v) is 3.48. The van der Waals surface area contributed by atoms with Crippen LogP contribution in [0.2, 0.25) is 5.02 Å². The van der Waals surface area contributed by atoms with Gasteiger partial charge in [-0.15, -0.1) is 6.58 Å². The zero-order valence-corrected chi connectivity index (χ0v) is 11.5. The average molecular weight is 285 g/mol. The predicted molar refractivity (Wildman–Crippen MR) is 80.1 cm³/mol. The summed E-state index contributed by atoms with van der Waals surface area (Å²) in [6.07, 6.45) is 1.96. The molecule has 0 saturated heterocycles. The van der Waals surface area contributed by atoms with Gasteiger partial charge in [-0.3, -0.25) is 4.79 Å². The second kappa shape index (κ2) is 4.50. The molecule has 0 radical (unpaired) electrons. The highest BCUT2D eigenvalue weighted by Gasteiger charge is 2.49. The molecule has 2 aromatic rings. The highest BCUT2D eigenvalue weighted by molar-refractivity contribution is 6.32. The smallest absolute Gasteiger partial charge is 0.319 e. The van der Waals surface area contributed by atoms with E-state index in [-0.39, 0.29) is 0 Å². The Hall–Kier alpha value is -2.06. The lowest BCUT2D eigenvalue weighted by molar-refractivity contribution is -0.141. The van der Waals surface area contributed by atoms with Gasteiger partial charge in [-0.1, -0.05) is 54.1 Å². The zero-order chi connectivity index (χ0) is 14.3. The third-order valence-corrected chi connectivity index (χ3v) is 4.25. The van der Waals surface area contributed by atoms with Gasteiger partial charge < -0.3 is 5.11 Å². The number of fused-ring (bicyclic) bond motifs is 3. The van der Waals surface area contributed by atoms with Crippen LogP contribution in [0.15, 0.2) is 55.1 Å². The van der Waals surface area contributed by atoms with E-state index < -0.39 is 11.4 Å². The molecule has 0 saturated carbocycles. The molecule has 1 atom stereocenters. The lowest BCUT2D eigenvalue weighted by atomic mass is 9.75. The Morgan fingerprint density at radius 2 is 1.90 bits per heavy atom. The molecule has 0 spiro atoms. The van der Waals surface area contributed by atoms with Gasteiger partial charge in [0.1, 0.15) is 5.41 Å². The summed E-state index contributed by atoms with van der Waals surface area (Å²) in [6, 6.07) is 13.1. The fourth-order valence-electron chi connectivity index (χ4n) is 3.15. The Bertz CT molecular complexity index is 721. The van der Waals surface area contributed by atoms with Crippen molar-refractivity contribution < 1.29 is 9.90 Å². The fraction of sp³-hybridized carbons (Fsp3) is 0.118. The molecule has 0 amide bonds. The standard InChI is InChI=1S/C17H13ClO2/c1-2-10-17(16(19)20)13-8-4-3-6-11(13)12-7-5-9-14(18)15(12)17/h2-9H,1,10H2,(H,19,20). The lowest BCUT2D eigenvalue weighted by Gasteiger charge is -2.26. The van der Waals surface area contributed by atoms with Crippen molar-refractivity contribution in [3.63, 3.8) is 0 Å². The molecule has 1 unspecified atom stereocenters. The van der Waals surface area contributed by atoms with Gasteiger partial charge in [-0.05, 0) is 29.2 Å². The van der Waals surface area contributed by atoms with Crippen LogP contribution < -0.4 is 0 Å². The molecular formula is C17H13ClO2. The van der Waals surface area contributed by atoms with Gasteiger partial charge >= 0.3 is 5.97 Å². The second-order valence-electron chi connectivity index (χ2n) is 4.91. The van der Waals surface area contributed by atoms with E-state index in [2.05, 4.69) is 6.58 Å². The van der Waals surface area contributed by atoms with Gasteiger partial charge in [-0.25, -0.2) is 0 Å². The summed E-state index contributed by atoms with van der Waals surface area (Å²) in [5, 5.41) is 10.4. The van der Waals surface area contributed by atoms with E-state index >= 15 is 0 Å². The topological polar surface area (TPSA) is 37.3 Å². The summed E-state index contributed by atoms with van der Waals surface area (Å²) in [7, 11) is 0. The first-order valence-corrected chi connectivity index (χ1v) is 6.74. The summed E-state index contributed by atoms with van der Waals surface area (Å²) < 4.78 is 0. The van der Waals surface area contributed by atoms with E-state index in [0.29, 0.717) is 17.0 Å². The molecule has 0 bridgehead atoms. The van der Waals surface area contributed by atoms with Crippen molar-refractivity contribution in [3.8, 4) is 11.1 Å². The minimum atomic E-state index is -1.13. The number of aliphatic carboxylic acids is 1. The van der Waals surface area contributed by atoms with Crippen LogP contribution in [0, 0.1) is 0 Å². The first kappa shape index (κ1) is 12.9. The largest absolute Gasteiger partial charge is 0.480 e. The normalized spacial score (nSPS) is 19.2. The molecule has 20 heavy (non-hydrogen) atoms. The van der Waals surface area contributed by atoms with Crippen LogP contribution >= 0.6 is 11.6 Å². The van der Waals surface area contributed by atoms with Gasteiger partial charge in [0.25, 0.3) is 0 Å². The molecule has 1 aliphatic rings. The maximum absolute atomic E-state index is 12.1. The van der Waals surface area contributed by atoms with Crippen LogP contribution in [-0.2, 0) is 10.2 Å². The van der Waals surface area contributed by atoms with Gasteiger partial charge in [0.05, 0.1) is 0 Å². The van der Waals surface area contributed by atoms with E-state index in [0.717, 1.165) is 16.7 Å². The van der Waals surface area contributed by atoms with E-state index in [9.17, 15) is 9.90 Å². The van der Waals surface area contributed by atoms with Crippen molar-refractivity contribution in [1.29, 1.82) is 0 Å². The third kappa shape index (κ3) is 1.49. The van der Waals surface area contributed by atoms with Crippen LogP contribution in [0.25, 0.3) is 11.1 Å². The maximum Gasteiger partial charge on any atom is 0.319 e. The summed E-state index contributed by atoms with van der Waals surface area (Å²) in [6.45, 7) is 3.72. The molecule has 0 aliphatic heterocycles. The zero-order valence-electron chi connectivity index (χ0n) is 10.8. The summed E-state index contributed by atoms with van der Waals surface area (Å²) in [5.41, 5.74) is 2.17. The van der Waals surface area contributed by atoms with Crippen molar-refractivity contribution in [2.24, 2.45) is 0 Å². The van der Waals surface area contributed by atoms with Gasteiger partial charge in [0.2, 0.25) is 0 Å². The second-order valence-corrected chi connectivity index (χ2v) is 5.32. The minimum Gasteiger partial charge on any atom is -0.480 e. The first-order valence-electron chi connectivity index (χ1n) is 6.36. The van der Waals surface area contributed by atoms with Crippen molar-refractivity contribution in [1.82, 2.24) is 0 Å². The summed E-state index contributed by atoms with van der Waals surface area (Å²) >= 11 is 6.33. The molecule has 2 nitrogen and oxygen atoms in total. The van der Waals surface area contributed by atoms with Gasteiger partial charge in [0, 0.05) is 10.6 Å². The molecule has 2 aromatic carbocycles. The number of allylic oxidation sites excluding steroid dienone is 1. The molecule has 1 N–H and O–H groups in total. The van der Waals surface area contributed by atoms with E-state index in [1.807, 2.05) is 36.4 Å². The van der Waals surface area contributed by atoms with Crippen LogP contribution in [0.4, 0.5) is 0 Å². The van der Waals surface area contributed by atoms with Gasteiger partial charge in [0.15, 0.2) is 0 Å². The van der Waals surface area contributed by atoms with E-state index in [1.165, 1.54) is 0 Å². The molecule has 100 valence electrons. The number of halogens is 1. The number of hydrogen-bond acceptors (Lipinski definition) is 1. The van der Waals surface area contributed by atoms with Crippen LogP contribution in [-0.4, -0.2) is 11.1 Å². The minimum absolute atomic E-state index is 0.316. The van der Waals surface area contributed by atoms with Crippen LogP contribution in [0.1, 0.15) is 17.5 Å². The number of carboxylic acid groups (broad SMARTS) is 1. The summed E-state index contributed by atoms with van der Waals surface area (Å²) in [5.74, 6) is -0.892. The highest BCUT2D eigenvalue weighted by atomic mass is 35.5. The highest BCUT2D eigenvalue weighted by Crippen LogP contribution is 2.53. The van der Waals surface area contributed by atoms with E-state index in [1.54, 1.807) is 12.1 Å². The van der Waals surface area contributed by atoms with Crippen LogP contribution in [0.5, 0.6) is 0 Å². The van der Waals surface area contributed by atoms with Crippen LogP contribution in [0.3, 0.4) is 0 Å². The summed E-state index contributed by atoms with van der Waals surface area (Å²) in [4.78, 5) is 12.1. The number of hydrogen-bond donors (Lipinski definition) is 1. The Morgan fingerprint density at radius 3 is 2.60 bits per heavy atom. The Morgan fingerprint density at radius 1 is 1.20 bits per heavy atom. The Balaban J connectivity index is 2.46. The lowest BCUT2D eigenvalue weighted by Crippen LogP contribution is -2.34. The molecule has 0 aromatic heterocycles. The molecular weight excluding hydrogens is 272 g/mol. The third-order valence-electron chi connectivity index (χ3n) is 3.93. The molecule has 0 fully saturated rings. The first-order chi connectivity index (χ1) is 9.63. The monoisotopic (exact) mass is 284 g/mol. The molecule has 0 heterocycles. The van der Waals surface area contributed by atoms with Crippen molar-refractivity contribution in [3.05, 3.63) is 71.3 Å². The quantitative estimate of drug-likeness (QED) is 0.855.